The number of aliphatic hydroxyl groups excluding tert-OH is 1. The van der Waals surface area contributed by atoms with E-state index in [1.165, 1.54) is 13.0 Å². The number of carbonyl (C=O) groups excluding carboxylic acids is 3. The maximum atomic E-state index is 17.2. The van der Waals surface area contributed by atoms with Crippen molar-refractivity contribution in [3.8, 4) is 0 Å². The maximum absolute atomic E-state index is 17.2. The van der Waals surface area contributed by atoms with Crippen LogP contribution in [0.4, 0.5) is 8.78 Å². The predicted molar refractivity (Wildman–Crippen MR) is 118 cm³/mol. The fourth-order valence-electron chi connectivity index (χ4n) is 7.83. The number of alkyl halides is 2. The second-order valence-electron chi connectivity index (χ2n) is 10.6. The molecular formula is C25H31ClF2O5. The van der Waals surface area contributed by atoms with Crippen molar-refractivity contribution in [2.24, 2.45) is 28.6 Å². The van der Waals surface area contributed by atoms with E-state index in [-0.39, 0.29) is 37.1 Å². The van der Waals surface area contributed by atoms with Crippen LogP contribution in [0, 0.1) is 28.6 Å². The fraction of sp³-hybridized carbons (Fsp3) is 0.720. The van der Waals surface area contributed by atoms with Crippen LogP contribution in [-0.2, 0) is 19.1 Å². The number of ether oxygens (including phenoxy) is 1. The molecule has 0 aromatic heterocycles. The molecule has 0 saturated heterocycles. The summed E-state index contributed by atoms with van der Waals surface area (Å²) in [6.45, 7) is 6.75. The Balaban J connectivity index is 1.87. The van der Waals surface area contributed by atoms with Gasteiger partial charge in [0.1, 0.15) is 0 Å². The molecule has 3 saturated carbocycles. The summed E-state index contributed by atoms with van der Waals surface area (Å²) in [5, 5.41) is 11.4. The second kappa shape index (κ2) is 7.70. The number of halogens is 3. The van der Waals surface area contributed by atoms with Crippen LogP contribution in [0.1, 0.15) is 59.8 Å². The topological polar surface area (TPSA) is 80.7 Å². The Kier molecular flexibility index (Phi) is 5.73. The molecule has 0 aromatic carbocycles. The highest BCUT2D eigenvalue weighted by Gasteiger charge is 2.77. The van der Waals surface area contributed by atoms with Gasteiger partial charge in [-0.25, -0.2) is 8.78 Å². The second-order valence-corrected chi connectivity index (χ2v) is 10.9. The average Bonchev–Trinajstić information content (AvgIpc) is 2.99. The third-order valence-electron chi connectivity index (χ3n) is 9.37. The third-order valence-corrected chi connectivity index (χ3v) is 9.62. The van der Waals surface area contributed by atoms with Crippen LogP contribution in [0.15, 0.2) is 23.6 Å². The number of fused-ring (bicyclic) bond motifs is 5. The van der Waals surface area contributed by atoms with Crippen LogP contribution < -0.4 is 0 Å². The van der Waals surface area contributed by atoms with Crippen LogP contribution in [0.2, 0.25) is 0 Å². The van der Waals surface area contributed by atoms with E-state index in [0.717, 1.165) is 6.08 Å². The molecule has 0 heterocycles. The number of esters is 1. The number of hydrogen-bond acceptors (Lipinski definition) is 5. The monoisotopic (exact) mass is 484 g/mol. The lowest BCUT2D eigenvalue weighted by atomic mass is 9.44. The van der Waals surface area contributed by atoms with Gasteiger partial charge in [0.05, 0.1) is 12.0 Å². The largest absolute Gasteiger partial charge is 0.450 e. The standard InChI is InChI=1S/C25H31ClF2O5/c1-5-20(32)33-25(19(31)12-26)13(2)10-16-14-6-7-15-21(27)17(29)8-9-22(15,3)24(14,28)18(30)11-23(16,25)4/h8-9,13-14,16,18,30H,5-7,10-12H2,1-4H3/t13?,14-,16-,18?,22-,23-,24-,25-/m0/s1. The molecule has 182 valence electrons. The Morgan fingerprint density at radius 3 is 2.58 bits per heavy atom. The maximum Gasteiger partial charge on any atom is 0.306 e. The predicted octanol–water partition coefficient (Wildman–Crippen LogP) is 4.40. The first-order valence-corrected chi connectivity index (χ1v) is 12.2. The Morgan fingerprint density at radius 1 is 1.30 bits per heavy atom. The molecule has 4 aliphatic carbocycles. The summed E-state index contributed by atoms with van der Waals surface area (Å²) in [5.41, 5.74) is -6.26. The first-order chi connectivity index (χ1) is 15.3. The third kappa shape index (κ3) is 2.81. The first kappa shape index (κ1) is 24.5. The molecule has 0 aromatic rings. The molecule has 0 radical (unpaired) electrons. The van der Waals surface area contributed by atoms with Crippen LogP contribution in [-0.4, -0.2) is 45.9 Å². The molecule has 0 amide bonds. The molecule has 2 unspecified atom stereocenters. The number of hydrogen-bond donors (Lipinski definition) is 1. The fourth-order valence-corrected chi connectivity index (χ4v) is 8.03. The molecule has 4 rings (SSSR count). The zero-order chi connectivity index (χ0) is 24.6. The Bertz CT molecular complexity index is 978. The molecule has 0 aliphatic heterocycles. The van der Waals surface area contributed by atoms with Gasteiger partial charge in [-0.1, -0.05) is 26.8 Å². The summed E-state index contributed by atoms with van der Waals surface area (Å²) in [6.07, 6.45) is 1.57. The lowest BCUT2D eigenvalue weighted by Crippen LogP contribution is -2.70. The van der Waals surface area contributed by atoms with Gasteiger partial charge in [-0.15, -0.1) is 11.6 Å². The van der Waals surface area contributed by atoms with E-state index in [0.29, 0.717) is 6.42 Å². The van der Waals surface area contributed by atoms with E-state index in [1.54, 1.807) is 20.8 Å². The van der Waals surface area contributed by atoms with Crippen molar-refractivity contribution in [2.75, 3.05) is 5.88 Å². The SMILES string of the molecule is CCC(=O)O[C@]1(C(=O)CCl)C(C)C[C@H]2[C@@H]3CCC4=C(F)C(=O)C=C[C@]4(C)[C@@]3(F)C(O)C[C@@]21C. The van der Waals surface area contributed by atoms with Gasteiger partial charge >= 0.3 is 5.97 Å². The number of carbonyl (C=O) groups is 3. The number of ketones is 2. The van der Waals surface area contributed by atoms with Crippen molar-refractivity contribution < 1.29 is 33.0 Å². The molecule has 0 spiro atoms. The van der Waals surface area contributed by atoms with Gasteiger partial charge < -0.3 is 9.84 Å². The minimum absolute atomic E-state index is 0.0636. The molecule has 8 atom stereocenters. The first-order valence-electron chi connectivity index (χ1n) is 11.7. The van der Waals surface area contributed by atoms with Gasteiger partial charge in [0.2, 0.25) is 5.78 Å². The van der Waals surface area contributed by atoms with Gasteiger partial charge in [0, 0.05) is 29.1 Å². The van der Waals surface area contributed by atoms with Crippen molar-refractivity contribution in [1.82, 2.24) is 0 Å². The smallest absolute Gasteiger partial charge is 0.306 e. The summed E-state index contributed by atoms with van der Waals surface area (Å²) in [4.78, 5) is 37.7. The molecule has 3 fully saturated rings. The van der Waals surface area contributed by atoms with Crippen LogP contribution in [0.25, 0.3) is 0 Å². The van der Waals surface area contributed by atoms with E-state index in [2.05, 4.69) is 0 Å². The number of allylic oxidation sites excluding steroid dienone is 4. The van der Waals surface area contributed by atoms with E-state index in [1.807, 2.05) is 0 Å². The summed E-state index contributed by atoms with van der Waals surface area (Å²) >= 11 is 5.98. The Labute approximate surface area is 197 Å². The Morgan fingerprint density at radius 2 is 1.97 bits per heavy atom. The quantitative estimate of drug-likeness (QED) is 0.472. The van der Waals surface area contributed by atoms with Crippen molar-refractivity contribution in [3.05, 3.63) is 23.6 Å². The van der Waals surface area contributed by atoms with E-state index in [4.69, 9.17) is 16.3 Å². The summed E-state index contributed by atoms with van der Waals surface area (Å²) in [7, 11) is 0. The van der Waals surface area contributed by atoms with Gasteiger partial charge in [-0.3, -0.25) is 14.4 Å². The van der Waals surface area contributed by atoms with Crippen molar-refractivity contribution in [3.63, 3.8) is 0 Å². The van der Waals surface area contributed by atoms with Gasteiger partial charge in [-0.05, 0) is 50.2 Å². The van der Waals surface area contributed by atoms with Crippen LogP contribution >= 0.6 is 11.6 Å². The van der Waals surface area contributed by atoms with E-state index < -0.39 is 69.3 Å². The molecule has 0 bridgehead atoms. The summed E-state index contributed by atoms with van der Waals surface area (Å²) < 4.78 is 37.9. The normalized spacial score (nSPS) is 46.5. The number of aliphatic hydroxyl groups is 1. The highest BCUT2D eigenvalue weighted by atomic mass is 35.5. The number of rotatable bonds is 4. The van der Waals surface area contributed by atoms with E-state index >= 15 is 4.39 Å². The highest BCUT2D eigenvalue weighted by Crippen LogP contribution is 2.71. The highest BCUT2D eigenvalue weighted by molar-refractivity contribution is 6.29. The zero-order valence-corrected chi connectivity index (χ0v) is 20.2. The van der Waals surface area contributed by atoms with Crippen LogP contribution in [0.5, 0.6) is 0 Å². The van der Waals surface area contributed by atoms with Gasteiger partial charge in [0.25, 0.3) is 0 Å². The summed E-state index contributed by atoms with van der Waals surface area (Å²) in [6, 6.07) is 0. The van der Waals surface area contributed by atoms with Crippen molar-refractivity contribution in [2.45, 2.75) is 77.2 Å². The van der Waals surface area contributed by atoms with Gasteiger partial charge in [-0.2, -0.15) is 0 Å². The molecular weight excluding hydrogens is 454 g/mol. The molecule has 1 N–H and O–H groups in total. The minimum Gasteiger partial charge on any atom is -0.450 e. The average molecular weight is 485 g/mol. The number of Topliss-reactive ketones (excluding diaryl/α,β-unsaturated/α-hetero) is 1. The zero-order valence-electron chi connectivity index (χ0n) is 19.4. The van der Waals surface area contributed by atoms with Gasteiger partial charge in [0.15, 0.2) is 22.9 Å². The molecule has 5 nitrogen and oxygen atoms in total. The van der Waals surface area contributed by atoms with E-state index in [9.17, 15) is 23.9 Å². The van der Waals surface area contributed by atoms with Crippen LogP contribution in [0.3, 0.4) is 0 Å². The summed E-state index contributed by atoms with van der Waals surface area (Å²) in [5.74, 6) is -4.67. The molecule has 4 aliphatic rings. The molecule has 33 heavy (non-hydrogen) atoms. The molecule has 8 heteroatoms. The van der Waals surface area contributed by atoms with Crippen molar-refractivity contribution >= 4 is 29.1 Å². The van der Waals surface area contributed by atoms with Crippen molar-refractivity contribution in [1.29, 1.82) is 0 Å². The lowest BCUT2D eigenvalue weighted by molar-refractivity contribution is -0.227. The Hall–Kier alpha value is -1.60. The lowest BCUT2D eigenvalue weighted by Gasteiger charge is -2.62. The minimum atomic E-state index is -2.24.